The lowest BCUT2D eigenvalue weighted by Crippen LogP contribution is -2.09. The summed E-state index contributed by atoms with van der Waals surface area (Å²) in [6.45, 7) is 3.47. The highest BCUT2D eigenvalue weighted by molar-refractivity contribution is 5.13. The molecule has 0 amide bonds. The summed E-state index contributed by atoms with van der Waals surface area (Å²) >= 11 is 0. The van der Waals surface area contributed by atoms with Crippen LogP contribution < -0.4 is 0 Å². The van der Waals surface area contributed by atoms with E-state index in [0.29, 0.717) is 19.6 Å². The molecule has 0 fully saturated rings. The van der Waals surface area contributed by atoms with Crippen molar-refractivity contribution in [1.29, 1.82) is 0 Å². The minimum absolute atomic E-state index is 0.285. The Morgan fingerprint density at radius 3 is 2.67 bits per heavy atom. The van der Waals surface area contributed by atoms with Crippen LogP contribution in [0.3, 0.4) is 0 Å². The van der Waals surface area contributed by atoms with Crippen molar-refractivity contribution in [1.82, 2.24) is 0 Å². The van der Waals surface area contributed by atoms with Crippen LogP contribution in [0, 0.1) is 0 Å². The van der Waals surface area contributed by atoms with Crippen molar-refractivity contribution in [3.63, 3.8) is 0 Å². The summed E-state index contributed by atoms with van der Waals surface area (Å²) in [5.74, 6) is 0. The van der Waals surface area contributed by atoms with Gasteiger partial charge in [-0.2, -0.15) is 0 Å². The summed E-state index contributed by atoms with van der Waals surface area (Å²) in [4.78, 5) is 0. The highest BCUT2D eigenvalue weighted by atomic mass is 16.5. The molecule has 0 spiro atoms. The Balaban J connectivity index is 1.96. The highest BCUT2D eigenvalue weighted by Crippen LogP contribution is 2.06. The minimum atomic E-state index is -0.285. The number of aliphatic hydroxyl groups excluding tert-OH is 1. The van der Waals surface area contributed by atoms with Crippen LogP contribution >= 0.6 is 0 Å². The third kappa shape index (κ3) is 10.3. The van der Waals surface area contributed by atoms with Gasteiger partial charge in [0.1, 0.15) is 0 Å². The molecule has 1 rings (SSSR count). The van der Waals surface area contributed by atoms with Crippen LogP contribution in [-0.4, -0.2) is 17.8 Å². The van der Waals surface area contributed by atoms with Gasteiger partial charge in [0.15, 0.2) is 0 Å². The number of benzene rings is 1. The number of hydrogen-bond donors (Lipinski definition) is 1. The van der Waals surface area contributed by atoms with Gasteiger partial charge in [-0.15, -0.1) is 0 Å². The van der Waals surface area contributed by atoms with Gasteiger partial charge in [-0.05, 0) is 31.2 Å². The van der Waals surface area contributed by atoms with Gasteiger partial charge >= 0.3 is 0 Å². The van der Waals surface area contributed by atoms with Gasteiger partial charge in [-0.1, -0.05) is 68.7 Å². The molecule has 0 bridgehead atoms. The zero-order valence-corrected chi connectivity index (χ0v) is 13.3. The predicted molar refractivity (Wildman–Crippen MR) is 89.2 cm³/mol. The fourth-order valence-electron chi connectivity index (χ4n) is 2.16. The number of allylic oxidation sites excluding steroid dienone is 1. The van der Waals surface area contributed by atoms with Crippen LogP contribution in [0.4, 0.5) is 0 Å². The predicted octanol–water partition coefficient (Wildman–Crippen LogP) is 4.87. The topological polar surface area (TPSA) is 29.5 Å². The molecule has 0 aromatic heterocycles. The van der Waals surface area contributed by atoms with Crippen molar-refractivity contribution in [3.8, 4) is 0 Å². The maximum atomic E-state index is 9.86. The molecule has 118 valence electrons. The first kappa shape index (κ1) is 17.9. The summed E-state index contributed by atoms with van der Waals surface area (Å²) in [5.41, 5.74) is 1.18. The van der Waals surface area contributed by atoms with E-state index in [0.717, 1.165) is 12.8 Å². The Morgan fingerprint density at radius 1 is 1.10 bits per heavy atom. The average Bonchev–Trinajstić information content (AvgIpc) is 2.52. The van der Waals surface area contributed by atoms with Gasteiger partial charge < -0.3 is 9.84 Å². The Morgan fingerprint density at radius 2 is 1.90 bits per heavy atom. The van der Waals surface area contributed by atoms with Gasteiger partial charge in [0.25, 0.3) is 0 Å². The molecule has 0 radical (unpaired) electrons. The maximum absolute atomic E-state index is 9.86. The largest absolute Gasteiger partial charge is 0.393 e. The second kappa shape index (κ2) is 12.6. The molecule has 0 aliphatic heterocycles. The third-order valence-electron chi connectivity index (χ3n) is 3.51. The second-order valence-corrected chi connectivity index (χ2v) is 5.54. The molecule has 0 saturated carbocycles. The zero-order chi connectivity index (χ0) is 15.2. The van der Waals surface area contributed by atoms with Crippen LogP contribution in [-0.2, 0) is 11.3 Å². The van der Waals surface area contributed by atoms with Crippen molar-refractivity contribution in [2.24, 2.45) is 0 Å². The molecular formula is C19H30O2. The quantitative estimate of drug-likeness (QED) is 0.439. The van der Waals surface area contributed by atoms with Gasteiger partial charge in [-0.25, -0.2) is 0 Å². The number of hydrogen-bond acceptors (Lipinski definition) is 2. The molecule has 2 nitrogen and oxygen atoms in total. The molecule has 0 saturated heterocycles. The average molecular weight is 290 g/mol. The lowest BCUT2D eigenvalue weighted by atomic mass is 10.1. The molecule has 1 aromatic rings. The molecule has 0 heterocycles. The van der Waals surface area contributed by atoms with Gasteiger partial charge in [0, 0.05) is 6.61 Å². The van der Waals surface area contributed by atoms with Crippen LogP contribution in [0.25, 0.3) is 0 Å². The molecule has 21 heavy (non-hydrogen) atoms. The van der Waals surface area contributed by atoms with Gasteiger partial charge in [-0.3, -0.25) is 0 Å². The third-order valence-corrected chi connectivity index (χ3v) is 3.51. The van der Waals surface area contributed by atoms with Crippen LogP contribution in [0.1, 0.15) is 57.4 Å². The zero-order valence-electron chi connectivity index (χ0n) is 13.3. The summed E-state index contributed by atoms with van der Waals surface area (Å²) in [5, 5.41) is 9.86. The van der Waals surface area contributed by atoms with Gasteiger partial charge in [0.2, 0.25) is 0 Å². The van der Waals surface area contributed by atoms with E-state index in [4.69, 9.17) is 4.74 Å². The fourth-order valence-corrected chi connectivity index (χ4v) is 2.16. The number of unbranched alkanes of at least 4 members (excludes halogenated alkanes) is 4. The van der Waals surface area contributed by atoms with E-state index in [1.807, 2.05) is 18.2 Å². The first-order chi connectivity index (χ1) is 10.3. The van der Waals surface area contributed by atoms with Gasteiger partial charge in [0.05, 0.1) is 12.7 Å². The molecule has 1 N–H and O–H groups in total. The van der Waals surface area contributed by atoms with E-state index >= 15 is 0 Å². The van der Waals surface area contributed by atoms with E-state index in [-0.39, 0.29) is 6.10 Å². The molecular weight excluding hydrogens is 260 g/mol. The van der Waals surface area contributed by atoms with Crippen molar-refractivity contribution in [2.45, 2.75) is 64.6 Å². The normalized spacial score (nSPS) is 12.9. The molecule has 2 heteroatoms. The van der Waals surface area contributed by atoms with E-state index < -0.39 is 0 Å². The molecule has 0 aliphatic rings. The van der Waals surface area contributed by atoms with Crippen molar-refractivity contribution < 1.29 is 9.84 Å². The van der Waals surface area contributed by atoms with Crippen molar-refractivity contribution >= 4 is 0 Å². The van der Waals surface area contributed by atoms with Crippen LogP contribution in [0.5, 0.6) is 0 Å². The summed E-state index contributed by atoms with van der Waals surface area (Å²) in [6.07, 6.45) is 11.8. The number of aliphatic hydroxyl groups is 1. The fraction of sp³-hybridized carbons (Fsp3) is 0.579. The van der Waals surface area contributed by atoms with Crippen LogP contribution in [0.2, 0.25) is 0 Å². The first-order valence-electron chi connectivity index (χ1n) is 8.27. The first-order valence-corrected chi connectivity index (χ1v) is 8.27. The van der Waals surface area contributed by atoms with Crippen LogP contribution in [0.15, 0.2) is 42.5 Å². The summed E-state index contributed by atoms with van der Waals surface area (Å²) < 4.78 is 5.58. The highest BCUT2D eigenvalue weighted by Gasteiger charge is 2.01. The lowest BCUT2D eigenvalue weighted by Gasteiger charge is -2.08. The molecule has 1 atom stereocenters. The molecule has 1 aromatic carbocycles. The van der Waals surface area contributed by atoms with E-state index in [9.17, 15) is 5.11 Å². The SMILES string of the molecule is CCCCCC/C=C\CC(O)CCOCc1ccccc1. The maximum Gasteiger partial charge on any atom is 0.0716 e. The monoisotopic (exact) mass is 290 g/mol. The second-order valence-electron chi connectivity index (χ2n) is 5.54. The van der Waals surface area contributed by atoms with Crippen molar-refractivity contribution in [3.05, 3.63) is 48.0 Å². The Hall–Kier alpha value is -1.12. The lowest BCUT2D eigenvalue weighted by molar-refractivity contribution is 0.0746. The molecule has 1 unspecified atom stereocenters. The Labute approximate surface area is 129 Å². The molecule has 0 aliphatic carbocycles. The Bertz CT molecular complexity index is 359. The summed E-state index contributed by atoms with van der Waals surface area (Å²) in [7, 11) is 0. The standard InChI is InChI=1S/C19H30O2/c1-2-3-4-5-6-7-11-14-19(20)15-16-21-17-18-12-9-8-10-13-18/h7-13,19-20H,2-6,14-17H2,1H3/b11-7-. The van der Waals surface area contributed by atoms with E-state index in [1.165, 1.54) is 31.2 Å². The minimum Gasteiger partial charge on any atom is -0.393 e. The summed E-state index contributed by atoms with van der Waals surface area (Å²) in [6, 6.07) is 10.1. The van der Waals surface area contributed by atoms with Crippen molar-refractivity contribution in [2.75, 3.05) is 6.61 Å². The Kier molecular flexibility index (Phi) is 10.8. The number of rotatable bonds is 12. The number of ether oxygens (including phenoxy) is 1. The van der Waals surface area contributed by atoms with E-state index in [2.05, 4.69) is 31.2 Å². The smallest absolute Gasteiger partial charge is 0.0716 e. The van der Waals surface area contributed by atoms with E-state index in [1.54, 1.807) is 0 Å².